The van der Waals surface area contributed by atoms with Gasteiger partial charge >= 0.3 is 0 Å². The Morgan fingerprint density at radius 1 is 1.05 bits per heavy atom. The molecule has 2 saturated carbocycles. The van der Waals surface area contributed by atoms with Crippen molar-refractivity contribution in [3.05, 3.63) is 5.82 Å². The molecular formula is C12H18N4O2S2. The summed E-state index contributed by atoms with van der Waals surface area (Å²) in [5, 5.41) is 0.854. The van der Waals surface area contributed by atoms with E-state index < -0.39 is 10.0 Å². The van der Waals surface area contributed by atoms with Gasteiger partial charge in [0.05, 0.1) is 5.25 Å². The molecule has 4 rings (SSSR count). The Labute approximate surface area is 123 Å². The molecule has 1 aliphatic heterocycles. The van der Waals surface area contributed by atoms with Crippen LogP contribution in [0.3, 0.4) is 0 Å². The first kappa shape index (κ1) is 13.0. The largest absolute Gasteiger partial charge is 0.344 e. The van der Waals surface area contributed by atoms with Crippen molar-refractivity contribution in [3.63, 3.8) is 0 Å². The van der Waals surface area contributed by atoms with Gasteiger partial charge in [0, 0.05) is 43.6 Å². The van der Waals surface area contributed by atoms with E-state index in [2.05, 4.69) is 14.3 Å². The topological polar surface area (TPSA) is 66.4 Å². The highest BCUT2D eigenvalue weighted by molar-refractivity contribution is 7.90. The number of anilines is 1. The highest BCUT2D eigenvalue weighted by Crippen LogP contribution is 2.40. The maximum atomic E-state index is 12.2. The van der Waals surface area contributed by atoms with Crippen LogP contribution in [-0.2, 0) is 10.0 Å². The molecule has 110 valence electrons. The maximum absolute atomic E-state index is 12.2. The minimum atomic E-state index is -3.02. The fraction of sp³-hybridized carbons (Fsp3) is 0.833. The van der Waals surface area contributed by atoms with Crippen LogP contribution >= 0.6 is 11.5 Å². The molecule has 1 aromatic rings. The molecule has 8 heteroatoms. The van der Waals surface area contributed by atoms with E-state index >= 15 is 0 Å². The van der Waals surface area contributed by atoms with E-state index in [9.17, 15) is 8.42 Å². The Balaban J connectivity index is 1.41. The smallest absolute Gasteiger partial charge is 0.217 e. The molecule has 2 aliphatic carbocycles. The third kappa shape index (κ3) is 2.33. The standard InChI is InChI=1S/C12H18N4O2S2/c17-20(18,10-3-4-10)16-7-5-15(6-8-16)12-13-11(14-19-12)9-1-2-9/h9-10H,1-8H2. The Kier molecular flexibility index (Phi) is 3.01. The van der Waals surface area contributed by atoms with Gasteiger partial charge < -0.3 is 4.90 Å². The third-order valence-corrected chi connectivity index (χ3v) is 7.38. The SMILES string of the molecule is O=S(=O)(C1CC1)N1CCN(c2nc(C3CC3)ns2)CC1. The highest BCUT2D eigenvalue weighted by Gasteiger charge is 2.41. The molecule has 0 amide bonds. The van der Waals surface area contributed by atoms with Crippen LogP contribution in [0.1, 0.15) is 37.4 Å². The second-order valence-electron chi connectivity index (χ2n) is 5.84. The van der Waals surface area contributed by atoms with Crippen LogP contribution in [0.25, 0.3) is 0 Å². The summed E-state index contributed by atoms with van der Waals surface area (Å²) in [5.41, 5.74) is 0. The molecule has 0 aromatic carbocycles. The lowest BCUT2D eigenvalue weighted by molar-refractivity contribution is 0.384. The fourth-order valence-corrected chi connectivity index (χ4v) is 5.20. The van der Waals surface area contributed by atoms with Gasteiger partial charge in [-0.3, -0.25) is 0 Å². The lowest BCUT2D eigenvalue weighted by Gasteiger charge is -2.33. The van der Waals surface area contributed by atoms with E-state index in [-0.39, 0.29) is 5.25 Å². The van der Waals surface area contributed by atoms with Crippen LogP contribution in [0.4, 0.5) is 5.13 Å². The fourth-order valence-electron chi connectivity index (χ4n) is 2.57. The zero-order valence-electron chi connectivity index (χ0n) is 11.2. The number of hydrogen-bond donors (Lipinski definition) is 0. The Hall–Kier alpha value is -0.730. The molecule has 1 aromatic heterocycles. The summed E-state index contributed by atoms with van der Waals surface area (Å²) in [5.74, 6) is 1.56. The summed E-state index contributed by atoms with van der Waals surface area (Å²) in [4.78, 5) is 6.77. The summed E-state index contributed by atoms with van der Waals surface area (Å²) < 4.78 is 30.4. The van der Waals surface area contributed by atoms with Crippen LogP contribution in [0.15, 0.2) is 0 Å². The Morgan fingerprint density at radius 2 is 1.75 bits per heavy atom. The molecule has 20 heavy (non-hydrogen) atoms. The van der Waals surface area contributed by atoms with E-state index in [0.717, 1.165) is 36.9 Å². The molecule has 3 aliphatic rings. The van der Waals surface area contributed by atoms with Gasteiger partial charge in [-0.2, -0.15) is 8.68 Å². The van der Waals surface area contributed by atoms with Gasteiger partial charge in [0.25, 0.3) is 0 Å². The first-order valence-corrected chi connectivity index (χ1v) is 9.50. The van der Waals surface area contributed by atoms with Crippen LogP contribution in [0.2, 0.25) is 0 Å². The van der Waals surface area contributed by atoms with Crippen molar-refractivity contribution in [2.45, 2.75) is 36.9 Å². The van der Waals surface area contributed by atoms with E-state index in [0.29, 0.717) is 19.0 Å². The number of sulfonamides is 1. The Bertz CT molecular complexity index is 599. The highest BCUT2D eigenvalue weighted by atomic mass is 32.2. The first-order chi connectivity index (χ1) is 9.64. The first-order valence-electron chi connectivity index (χ1n) is 7.22. The quantitative estimate of drug-likeness (QED) is 0.830. The van der Waals surface area contributed by atoms with Gasteiger partial charge in [-0.05, 0) is 25.7 Å². The molecule has 0 spiro atoms. The average molecular weight is 314 g/mol. The second-order valence-corrected chi connectivity index (χ2v) is 8.78. The monoisotopic (exact) mass is 314 g/mol. The molecule has 3 fully saturated rings. The molecule has 6 nitrogen and oxygen atoms in total. The van der Waals surface area contributed by atoms with Gasteiger partial charge in [0.1, 0.15) is 5.82 Å². The van der Waals surface area contributed by atoms with Crippen molar-refractivity contribution in [2.75, 3.05) is 31.1 Å². The van der Waals surface area contributed by atoms with Crippen molar-refractivity contribution in [1.82, 2.24) is 13.7 Å². The molecule has 0 N–H and O–H groups in total. The zero-order chi connectivity index (χ0) is 13.7. The van der Waals surface area contributed by atoms with Gasteiger partial charge in [0.15, 0.2) is 0 Å². The van der Waals surface area contributed by atoms with Gasteiger partial charge in [0.2, 0.25) is 15.2 Å². The van der Waals surface area contributed by atoms with Crippen molar-refractivity contribution < 1.29 is 8.42 Å². The normalized spacial score (nSPS) is 25.1. The molecule has 0 unspecified atom stereocenters. The van der Waals surface area contributed by atoms with Crippen molar-refractivity contribution in [3.8, 4) is 0 Å². The van der Waals surface area contributed by atoms with Gasteiger partial charge in [-0.25, -0.2) is 13.4 Å². The average Bonchev–Trinajstić information content (AvgIpc) is 3.36. The number of rotatable bonds is 4. The van der Waals surface area contributed by atoms with E-state index in [1.807, 2.05) is 0 Å². The Morgan fingerprint density at radius 3 is 2.35 bits per heavy atom. The summed E-state index contributed by atoms with van der Waals surface area (Å²) in [7, 11) is -3.02. The predicted octanol–water partition coefficient (Wildman–Crippen LogP) is 1.03. The minimum absolute atomic E-state index is 0.1000. The van der Waals surface area contributed by atoms with E-state index in [1.54, 1.807) is 4.31 Å². The molecule has 0 bridgehead atoms. The van der Waals surface area contributed by atoms with Gasteiger partial charge in [-0.15, -0.1) is 0 Å². The minimum Gasteiger partial charge on any atom is -0.344 e. The zero-order valence-corrected chi connectivity index (χ0v) is 12.9. The van der Waals surface area contributed by atoms with E-state index in [4.69, 9.17) is 0 Å². The third-order valence-electron chi connectivity index (χ3n) is 4.19. The molecular weight excluding hydrogens is 296 g/mol. The lowest BCUT2D eigenvalue weighted by atomic mass is 10.4. The molecule has 1 saturated heterocycles. The number of piperazine rings is 1. The molecule has 2 heterocycles. The number of nitrogens with zero attached hydrogens (tertiary/aromatic N) is 4. The summed E-state index contributed by atoms with van der Waals surface area (Å²) in [6, 6.07) is 0. The van der Waals surface area contributed by atoms with E-state index in [1.165, 1.54) is 24.4 Å². The van der Waals surface area contributed by atoms with Crippen LogP contribution in [-0.4, -0.2) is 53.5 Å². The molecule has 0 atom stereocenters. The van der Waals surface area contributed by atoms with Gasteiger partial charge in [-0.1, -0.05) is 0 Å². The second kappa shape index (κ2) is 4.64. The summed E-state index contributed by atoms with van der Waals surface area (Å²) >= 11 is 1.45. The van der Waals surface area contributed by atoms with Crippen LogP contribution < -0.4 is 4.90 Å². The number of aromatic nitrogens is 2. The van der Waals surface area contributed by atoms with Crippen molar-refractivity contribution in [1.29, 1.82) is 0 Å². The summed E-state index contributed by atoms with van der Waals surface area (Å²) in [6.07, 6.45) is 4.10. The van der Waals surface area contributed by atoms with Crippen LogP contribution in [0.5, 0.6) is 0 Å². The lowest BCUT2D eigenvalue weighted by Crippen LogP contribution is -2.49. The van der Waals surface area contributed by atoms with Crippen LogP contribution in [0, 0.1) is 0 Å². The van der Waals surface area contributed by atoms with Crippen molar-refractivity contribution >= 4 is 26.7 Å². The predicted molar refractivity (Wildman–Crippen MR) is 77.6 cm³/mol. The number of hydrogen-bond acceptors (Lipinski definition) is 6. The maximum Gasteiger partial charge on any atom is 0.217 e. The molecule has 0 radical (unpaired) electrons. The summed E-state index contributed by atoms with van der Waals surface area (Å²) in [6.45, 7) is 2.62. The van der Waals surface area contributed by atoms with Crippen molar-refractivity contribution in [2.24, 2.45) is 0 Å².